The summed E-state index contributed by atoms with van der Waals surface area (Å²) in [5.41, 5.74) is 9.74. The second kappa shape index (κ2) is 4.23. The summed E-state index contributed by atoms with van der Waals surface area (Å²) in [6.07, 6.45) is 0.784. The van der Waals surface area contributed by atoms with Crippen LogP contribution in [0.25, 0.3) is 0 Å². The fraction of sp³-hybridized carbons (Fsp3) is 0.556. The molecule has 0 saturated carbocycles. The molecule has 0 radical (unpaired) electrons. The SMILES string of the molecule is CCc1nc(N)c(C)c(NN(C)C)n1. The summed E-state index contributed by atoms with van der Waals surface area (Å²) >= 11 is 0. The maximum absolute atomic E-state index is 5.76. The standard InChI is InChI=1S/C9H17N5/c1-5-7-11-8(10)6(2)9(12-7)13-14(3)4/h5H2,1-4H3,(H3,10,11,12,13). The van der Waals surface area contributed by atoms with Crippen LogP contribution in [0.3, 0.4) is 0 Å². The molecule has 78 valence electrons. The lowest BCUT2D eigenvalue weighted by Crippen LogP contribution is -2.22. The van der Waals surface area contributed by atoms with Gasteiger partial charge in [-0.3, -0.25) is 0 Å². The first kappa shape index (κ1) is 10.7. The highest BCUT2D eigenvalue weighted by molar-refractivity contribution is 5.54. The number of hydrogen-bond acceptors (Lipinski definition) is 5. The first-order valence-corrected chi connectivity index (χ1v) is 4.61. The molecule has 0 aromatic carbocycles. The lowest BCUT2D eigenvalue weighted by Gasteiger charge is -2.16. The van der Waals surface area contributed by atoms with Crippen molar-refractivity contribution in [1.29, 1.82) is 0 Å². The van der Waals surface area contributed by atoms with Crippen molar-refractivity contribution in [3.63, 3.8) is 0 Å². The third-order valence-electron chi connectivity index (χ3n) is 1.88. The molecule has 0 aliphatic heterocycles. The van der Waals surface area contributed by atoms with Crippen molar-refractivity contribution >= 4 is 11.6 Å². The Balaban J connectivity index is 3.07. The lowest BCUT2D eigenvalue weighted by molar-refractivity contribution is 0.491. The molecule has 0 aliphatic carbocycles. The Morgan fingerprint density at radius 1 is 1.36 bits per heavy atom. The van der Waals surface area contributed by atoms with Gasteiger partial charge in [0.1, 0.15) is 17.5 Å². The van der Waals surface area contributed by atoms with Crippen molar-refractivity contribution < 1.29 is 0 Å². The van der Waals surface area contributed by atoms with Crippen molar-refractivity contribution in [3.8, 4) is 0 Å². The number of aromatic nitrogens is 2. The molecule has 0 amide bonds. The normalized spacial score (nSPS) is 10.6. The predicted octanol–water partition coefficient (Wildman–Crippen LogP) is 0.818. The molecule has 0 saturated heterocycles. The first-order chi connectivity index (χ1) is 6.54. The third kappa shape index (κ3) is 2.32. The lowest BCUT2D eigenvalue weighted by atomic mass is 10.3. The van der Waals surface area contributed by atoms with E-state index in [2.05, 4.69) is 15.4 Å². The van der Waals surface area contributed by atoms with Gasteiger partial charge in [-0.1, -0.05) is 6.92 Å². The predicted molar refractivity (Wildman–Crippen MR) is 57.9 cm³/mol. The fourth-order valence-corrected chi connectivity index (χ4v) is 1.06. The Morgan fingerprint density at radius 2 is 2.00 bits per heavy atom. The largest absolute Gasteiger partial charge is 0.383 e. The molecule has 1 aromatic rings. The van der Waals surface area contributed by atoms with Crippen molar-refractivity contribution in [1.82, 2.24) is 15.0 Å². The molecule has 1 heterocycles. The van der Waals surface area contributed by atoms with E-state index in [0.29, 0.717) is 5.82 Å². The molecule has 0 fully saturated rings. The number of nitrogens with two attached hydrogens (primary N) is 1. The Hall–Kier alpha value is -1.36. The number of nitrogens with one attached hydrogen (secondary N) is 1. The summed E-state index contributed by atoms with van der Waals surface area (Å²) in [6, 6.07) is 0. The first-order valence-electron chi connectivity index (χ1n) is 4.61. The van der Waals surface area contributed by atoms with Gasteiger partial charge >= 0.3 is 0 Å². The van der Waals surface area contributed by atoms with Gasteiger partial charge in [-0.2, -0.15) is 0 Å². The Bertz CT molecular complexity index is 321. The van der Waals surface area contributed by atoms with Crippen LogP contribution < -0.4 is 11.2 Å². The summed E-state index contributed by atoms with van der Waals surface area (Å²) in [7, 11) is 3.81. The van der Waals surface area contributed by atoms with Crippen molar-refractivity contribution in [2.24, 2.45) is 0 Å². The Kier molecular flexibility index (Phi) is 3.24. The van der Waals surface area contributed by atoms with E-state index in [9.17, 15) is 0 Å². The molecule has 0 aliphatic rings. The molecule has 14 heavy (non-hydrogen) atoms. The minimum Gasteiger partial charge on any atom is -0.383 e. The Labute approximate surface area is 84.3 Å². The zero-order valence-electron chi connectivity index (χ0n) is 9.13. The van der Waals surface area contributed by atoms with Gasteiger partial charge in [0, 0.05) is 26.1 Å². The van der Waals surface area contributed by atoms with Crippen LogP contribution in [0.5, 0.6) is 0 Å². The molecule has 0 atom stereocenters. The molecular formula is C9H17N5. The summed E-state index contributed by atoms with van der Waals surface area (Å²) in [6.45, 7) is 3.91. The average molecular weight is 195 g/mol. The van der Waals surface area contributed by atoms with E-state index in [-0.39, 0.29) is 0 Å². The molecule has 5 nitrogen and oxygen atoms in total. The van der Waals surface area contributed by atoms with E-state index in [1.54, 1.807) is 0 Å². The number of hydrazine groups is 1. The van der Waals surface area contributed by atoms with E-state index >= 15 is 0 Å². The Morgan fingerprint density at radius 3 is 2.50 bits per heavy atom. The quantitative estimate of drug-likeness (QED) is 0.699. The highest BCUT2D eigenvalue weighted by Gasteiger charge is 2.07. The van der Waals surface area contributed by atoms with Crippen LogP contribution in [-0.2, 0) is 6.42 Å². The minimum absolute atomic E-state index is 0.543. The summed E-state index contributed by atoms with van der Waals surface area (Å²) in [5, 5.41) is 1.83. The summed E-state index contributed by atoms with van der Waals surface area (Å²) in [4.78, 5) is 8.52. The van der Waals surface area contributed by atoms with Crippen LogP contribution in [0.4, 0.5) is 11.6 Å². The van der Waals surface area contributed by atoms with E-state index in [0.717, 1.165) is 23.6 Å². The van der Waals surface area contributed by atoms with Crippen LogP contribution in [0.1, 0.15) is 18.3 Å². The van der Waals surface area contributed by atoms with Gasteiger partial charge in [0.2, 0.25) is 0 Å². The van der Waals surface area contributed by atoms with Gasteiger partial charge < -0.3 is 11.2 Å². The minimum atomic E-state index is 0.543. The molecule has 1 aromatic heterocycles. The van der Waals surface area contributed by atoms with E-state index in [1.807, 2.05) is 33.0 Å². The maximum atomic E-state index is 5.76. The van der Waals surface area contributed by atoms with Gasteiger partial charge in [-0.05, 0) is 6.92 Å². The second-order valence-corrected chi connectivity index (χ2v) is 3.36. The van der Waals surface area contributed by atoms with E-state index < -0.39 is 0 Å². The average Bonchev–Trinajstić information content (AvgIpc) is 2.11. The number of rotatable bonds is 3. The van der Waals surface area contributed by atoms with Gasteiger partial charge in [0.25, 0.3) is 0 Å². The second-order valence-electron chi connectivity index (χ2n) is 3.36. The van der Waals surface area contributed by atoms with Crippen LogP contribution >= 0.6 is 0 Å². The van der Waals surface area contributed by atoms with Crippen molar-refractivity contribution in [2.45, 2.75) is 20.3 Å². The number of anilines is 2. The molecule has 0 spiro atoms. The van der Waals surface area contributed by atoms with E-state index in [4.69, 9.17) is 5.73 Å². The number of nitrogen functional groups attached to an aromatic ring is 1. The van der Waals surface area contributed by atoms with Crippen LogP contribution in [0, 0.1) is 6.92 Å². The third-order valence-corrected chi connectivity index (χ3v) is 1.88. The monoisotopic (exact) mass is 195 g/mol. The van der Waals surface area contributed by atoms with Gasteiger partial charge in [-0.25, -0.2) is 15.0 Å². The maximum Gasteiger partial charge on any atom is 0.149 e. The summed E-state index contributed by atoms with van der Waals surface area (Å²) < 4.78 is 0. The molecule has 1 rings (SSSR count). The number of hydrogen-bond donors (Lipinski definition) is 2. The number of aryl methyl sites for hydroxylation is 1. The van der Waals surface area contributed by atoms with Crippen molar-refractivity contribution in [3.05, 3.63) is 11.4 Å². The van der Waals surface area contributed by atoms with Crippen LogP contribution in [0.15, 0.2) is 0 Å². The number of nitrogens with zero attached hydrogens (tertiary/aromatic N) is 3. The topological polar surface area (TPSA) is 67.1 Å². The van der Waals surface area contributed by atoms with Gasteiger partial charge in [0.15, 0.2) is 0 Å². The molecular weight excluding hydrogens is 178 g/mol. The molecule has 0 bridgehead atoms. The van der Waals surface area contributed by atoms with Gasteiger partial charge in [0.05, 0.1) is 0 Å². The summed E-state index contributed by atoms with van der Waals surface area (Å²) in [5.74, 6) is 2.08. The smallest absolute Gasteiger partial charge is 0.149 e. The van der Waals surface area contributed by atoms with Crippen LogP contribution in [-0.4, -0.2) is 29.1 Å². The molecule has 5 heteroatoms. The highest BCUT2D eigenvalue weighted by Crippen LogP contribution is 2.17. The van der Waals surface area contributed by atoms with Crippen molar-refractivity contribution in [2.75, 3.05) is 25.3 Å². The van der Waals surface area contributed by atoms with Crippen LogP contribution in [0.2, 0.25) is 0 Å². The zero-order chi connectivity index (χ0) is 10.7. The van der Waals surface area contributed by atoms with E-state index in [1.165, 1.54) is 0 Å². The zero-order valence-corrected chi connectivity index (χ0v) is 9.13. The molecule has 3 N–H and O–H groups in total. The highest BCUT2D eigenvalue weighted by atomic mass is 15.5. The molecule has 0 unspecified atom stereocenters. The fourth-order valence-electron chi connectivity index (χ4n) is 1.06. The van der Waals surface area contributed by atoms with Gasteiger partial charge in [-0.15, -0.1) is 0 Å².